The molecule has 160 valence electrons. The summed E-state index contributed by atoms with van der Waals surface area (Å²) in [5.41, 5.74) is 7.99. The van der Waals surface area contributed by atoms with Crippen molar-refractivity contribution in [2.45, 2.75) is 6.17 Å². The molecule has 7 nitrogen and oxygen atoms in total. The number of amides is 1. The number of rotatable bonds is 3. The lowest BCUT2D eigenvalue weighted by molar-refractivity contribution is -0.117. The van der Waals surface area contributed by atoms with Crippen LogP contribution in [0, 0.1) is 17.0 Å². The van der Waals surface area contributed by atoms with Gasteiger partial charge < -0.3 is 15.8 Å². The Bertz CT molecular complexity index is 1260. The number of hydrogen-bond acceptors (Lipinski definition) is 5. The normalized spacial score (nSPS) is 15.8. The van der Waals surface area contributed by atoms with Crippen molar-refractivity contribution >= 4 is 29.2 Å². The minimum absolute atomic E-state index is 0.309. The summed E-state index contributed by atoms with van der Waals surface area (Å²) >= 11 is 0. The first-order valence-corrected chi connectivity index (χ1v) is 9.51. The summed E-state index contributed by atoms with van der Waals surface area (Å²) in [6.45, 7) is 0. The first-order chi connectivity index (χ1) is 15.4. The highest BCUT2D eigenvalue weighted by molar-refractivity contribution is 6.19. The number of carbonyl (C=O) groups excluding carboxylic acids is 1. The highest BCUT2D eigenvalue weighted by Gasteiger charge is 2.26. The molecule has 0 radical (unpaired) electrons. The maximum Gasteiger partial charge on any atom is 0.291 e. The Morgan fingerprint density at radius 3 is 2.53 bits per heavy atom. The van der Waals surface area contributed by atoms with Crippen LogP contribution >= 0.6 is 0 Å². The molecule has 3 aromatic carbocycles. The standard InChI is InChI=1S/C23H17F2N5O2/c24-14-10-11-15(17(25)12-14)20(26)32-23(27)30-21-22(31)28-18-9-5-4-8-16(18)19(29-21)13-6-2-1-3-7-13/h1-12,21,26H,(H2,27,30)(H,28,31). The molecule has 9 heteroatoms. The fraction of sp³-hybridized carbons (Fsp3) is 0.0435. The molecule has 0 saturated heterocycles. The van der Waals surface area contributed by atoms with Crippen molar-refractivity contribution in [1.29, 1.82) is 5.41 Å². The second-order valence-electron chi connectivity index (χ2n) is 6.77. The molecule has 1 aliphatic heterocycles. The highest BCUT2D eigenvalue weighted by atomic mass is 19.1. The fourth-order valence-corrected chi connectivity index (χ4v) is 3.14. The van der Waals surface area contributed by atoms with Gasteiger partial charge in [-0.05, 0) is 18.2 Å². The van der Waals surface area contributed by atoms with Crippen LogP contribution < -0.4 is 11.1 Å². The first kappa shape index (κ1) is 20.9. The lowest BCUT2D eigenvalue weighted by Gasteiger charge is -2.10. The number of carbonyl (C=O) groups is 1. The van der Waals surface area contributed by atoms with Gasteiger partial charge in [-0.15, -0.1) is 0 Å². The van der Waals surface area contributed by atoms with Crippen LogP contribution in [0.5, 0.6) is 0 Å². The van der Waals surface area contributed by atoms with E-state index in [0.717, 1.165) is 17.7 Å². The van der Waals surface area contributed by atoms with Gasteiger partial charge in [0.05, 0.1) is 17.0 Å². The average Bonchev–Trinajstić information content (AvgIpc) is 2.90. The van der Waals surface area contributed by atoms with E-state index in [0.29, 0.717) is 23.0 Å². The number of benzodiazepines with no additional fused rings is 1. The number of nitrogens with two attached hydrogens (primary N) is 1. The van der Waals surface area contributed by atoms with Crippen molar-refractivity contribution in [3.63, 3.8) is 0 Å². The van der Waals surface area contributed by atoms with E-state index in [2.05, 4.69) is 15.3 Å². The predicted octanol–water partition coefficient (Wildman–Crippen LogP) is 3.44. The summed E-state index contributed by atoms with van der Waals surface area (Å²) in [4.78, 5) is 21.2. The van der Waals surface area contributed by atoms with Crippen molar-refractivity contribution in [3.05, 3.63) is 101 Å². The van der Waals surface area contributed by atoms with Crippen LogP contribution in [0.1, 0.15) is 16.7 Å². The number of anilines is 1. The van der Waals surface area contributed by atoms with E-state index >= 15 is 0 Å². The maximum atomic E-state index is 13.9. The zero-order valence-electron chi connectivity index (χ0n) is 16.5. The van der Waals surface area contributed by atoms with Crippen LogP contribution in [-0.2, 0) is 9.53 Å². The van der Waals surface area contributed by atoms with Crippen LogP contribution in [0.3, 0.4) is 0 Å². The molecule has 32 heavy (non-hydrogen) atoms. The van der Waals surface area contributed by atoms with Gasteiger partial charge in [0.1, 0.15) is 11.6 Å². The lowest BCUT2D eigenvalue weighted by Crippen LogP contribution is -2.29. The van der Waals surface area contributed by atoms with E-state index in [-0.39, 0.29) is 5.56 Å². The molecule has 1 atom stereocenters. The van der Waals surface area contributed by atoms with Gasteiger partial charge in [0.15, 0.2) is 0 Å². The monoisotopic (exact) mass is 433 g/mol. The quantitative estimate of drug-likeness (QED) is 0.434. The SMILES string of the molecule is N=C(OC(N)=NC1N=C(c2ccccc2)c2ccccc2NC1=O)c1ccc(F)cc1F. The molecule has 0 spiro atoms. The Balaban J connectivity index is 1.67. The van der Waals surface area contributed by atoms with Crippen molar-refractivity contribution < 1.29 is 18.3 Å². The topological polar surface area (TPSA) is 113 Å². The van der Waals surface area contributed by atoms with E-state index < -0.39 is 35.6 Å². The Labute approximate surface area is 181 Å². The molecule has 4 rings (SSSR count). The zero-order valence-corrected chi connectivity index (χ0v) is 16.5. The fourth-order valence-electron chi connectivity index (χ4n) is 3.14. The summed E-state index contributed by atoms with van der Waals surface area (Å²) in [6, 6.07) is 18.5. The van der Waals surface area contributed by atoms with Crippen LogP contribution in [0.4, 0.5) is 14.5 Å². The average molecular weight is 433 g/mol. The Morgan fingerprint density at radius 1 is 1.06 bits per heavy atom. The molecule has 4 N–H and O–H groups in total. The summed E-state index contributed by atoms with van der Waals surface area (Å²) in [5.74, 6) is -3.03. The molecule has 1 heterocycles. The maximum absolute atomic E-state index is 13.9. The Kier molecular flexibility index (Phi) is 5.71. The van der Waals surface area contributed by atoms with Gasteiger partial charge in [-0.25, -0.2) is 13.8 Å². The third-order valence-electron chi connectivity index (χ3n) is 4.61. The number of para-hydroxylation sites is 1. The van der Waals surface area contributed by atoms with E-state index in [1.807, 2.05) is 42.5 Å². The molecule has 0 aromatic heterocycles. The van der Waals surface area contributed by atoms with Crippen LogP contribution in [0.25, 0.3) is 0 Å². The predicted molar refractivity (Wildman–Crippen MR) is 117 cm³/mol. The van der Waals surface area contributed by atoms with Gasteiger partial charge in [0.25, 0.3) is 11.9 Å². The first-order valence-electron chi connectivity index (χ1n) is 9.51. The van der Waals surface area contributed by atoms with Crippen molar-refractivity contribution in [3.8, 4) is 0 Å². The van der Waals surface area contributed by atoms with E-state index in [1.165, 1.54) is 0 Å². The number of nitrogens with one attached hydrogen (secondary N) is 2. The second-order valence-corrected chi connectivity index (χ2v) is 6.77. The number of halogens is 2. The smallest absolute Gasteiger partial charge is 0.291 e. The van der Waals surface area contributed by atoms with Crippen LogP contribution in [0.15, 0.2) is 82.8 Å². The van der Waals surface area contributed by atoms with Crippen molar-refractivity contribution in [2.75, 3.05) is 5.32 Å². The van der Waals surface area contributed by atoms with Crippen molar-refractivity contribution in [1.82, 2.24) is 0 Å². The van der Waals surface area contributed by atoms with Gasteiger partial charge in [0.2, 0.25) is 12.1 Å². The highest BCUT2D eigenvalue weighted by Crippen LogP contribution is 2.24. The molecule has 0 bridgehead atoms. The Hall–Kier alpha value is -4.40. The second kappa shape index (κ2) is 8.76. The van der Waals surface area contributed by atoms with E-state index in [9.17, 15) is 13.6 Å². The van der Waals surface area contributed by atoms with E-state index in [4.69, 9.17) is 15.9 Å². The Morgan fingerprint density at radius 2 is 1.78 bits per heavy atom. The molecule has 0 fully saturated rings. The summed E-state index contributed by atoms with van der Waals surface area (Å²) < 4.78 is 32.0. The molecule has 1 aliphatic rings. The van der Waals surface area contributed by atoms with Crippen LogP contribution in [0.2, 0.25) is 0 Å². The lowest BCUT2D eigenvalue weighted by atomic mass is 10.0. The minimum atomic E-state index is -1.32. The largest absolute Gasteiger partial charge is 0.407 e. The van der Waals surface area contributed by atoms with Gasteiger partial charge in [-0.1, -0.05) is 48.5 Å². The molecule has 1 unspecified atom stereocenters. The minimum Gasteiger partial charge on any atom is -0.407 e. The number of nitrogens with zero attached hydrogens (tertiary/aromatic N) is 2. The molecular weight excluding hydrogens is 416 g/mol. The van der Waals surface area contributed by atoms with Gasteiger partial charge in [0, 0.05) is 17.2 Å². The van der Waals surface area contributed by atoms with Gasteiger partial charge in [-0.3, -0.25) is 10.2 Å². The number of hydrogen-bond donors (Lipinski definition) is 3. The summed E-state index contributed by atoms with van der Waals surface area (Å²) in [6.07, 6.45) is -1.32. The summed E-state index contributed by atoms with van der Waals surface area (Å²) in [7, 11) is 0. The number of amidine groups is 1. The zero-order chi connectivity index (χ0) is 22.7. The molecule has 0 saturated carbocycles. The number of benzene rings is 3. The number of fused-ring (bicyclic) bond motifs is 1. The van der Waals surface area contributed by atoms with Crippen molar-refractivity contribution in [2.24, 2.45) is 15.7 Å². The molecule has 3 aromatic rings. The number of ether oxygens (including phenoxy) is 1. The third-order valence-corrected chi connectivity index (χ3v) is 4.61. The van der Waals surface area contributed by atoms with Gasteiger partial charge in [-0.2, -0.15) is 4.99 Å². The number of aliphatic imine (C=N–C) groups is 2. The molecule has 1 amide bonds. The van der Waals surface area contributed by atoms with E-state index in [1.54, 1.807) is 12.1 Å². The van der Waals surface area contributed by atoms with Crippen LogP contribution in [-0.4, -0.2) is 29.7 Å². The third kappa shape index (κ3) is 4.36. The summed E-state index contributed by atoms with van der Waals surface area (Å²) in [5, 5.41) is 10.6. The molecular formula is C23H17F2N5O2. The molecule has 0 aliphatic carbocycles. The van der Waals surface area contributed by atoms with Gasteiger partial charge >= 0.3 is 0 Å².